The average Bonchev–Trinajstić information content (AvgIpc) is 3.79. The molecule has 5 heterocycles. The van der Waals surface area contributed by atoms with Crippen LogP contribution in [0, 0.1) is 0 Å². The van der Waals surface area contributed by atoms with Gasteiger partial charge in [-0.2, -0.15) is 0 Å². The summed E-state index contributed by atoms with van der Waals surface area (Å²) < 4.78 is 15.0. The van der Waals surface area contributed by atoms with Crippen LogP contribution in [0.25, 0.3) is 104 Å². The first kappa shape index (κ1) is 21.8. The highest BCUT2D eigenvalue weighted by Gasteiger charge is 2.24. The molecule has 11 aromatic rings. The summed E-state index contributed by atoms with van der Waals surface area (Å²) in [5.41, 5.74) is 11.4. The lowest BCUT2D eigenvalue weighted by molar-refractivity contribution is 0.669. The fourth-order valence-electron chi connectivity index (χ4n) is 7.20. The largest absolute Gasteiger partial charge is 0.456 e. The third-order valence-corrected chi connectivity index (χ3v) is 9.10. The summed E-state index contributed by atoms with van der Waals surface area (Å²) in [6.45, 7) is 0. The van der Waals surface area contributed by atoms with Crippen molar-refractivity contribution in [3.05, 3.63) is 115 Å². The maximum atomic E-state index is 6.58. The molecule has 0 saturated heterocycles. The van der Waals surface area contributed by atoms with Crippen LogP contribution in [0.3, 0.4) is 0 Å². The molecule has 11 rings (SSSR count). The van der Waals surface area contributed by atoms with Crippen LogP contribution in [0.5, 0.6) is 0 Å². The minimum atomic E-state index is 0.843. The number of hydrogen-bond acceptors (Lipinski definition) is 4. The third kappa shape index (κ3) is 2.67. The zero-order chi connectivity index (χ0) is 27.8. The number of para-hydroxylation sites is 4. The van der Waals surface area contributed by atoms with Gasteiger partial charge >= 0.3 is 0 Å². The molecular weight excluding hydrogens is 530 g/mol. The molecule has 0 aliphatic carbocycles. The Balaban J connectivity index is 1.33. The van der Waals surface area contributed by atoms with E-state index in [-0.39, 0.29) is 0 Å². The SMILES string of the molecule is c1ccc2nc3c(nc2c1)c1cc(-c2ccc4oc5ccccc5c4c2)cc2c4ccc5c6ccccc6oc5c4n3c21. The second-order valence-corrected chi connectivity index (χ2v) is 11.4. The van der Waals surface area contributed by atoms with E-state index in [1.54, 1.807) is 0 Å². The summed E-state index contributed by atoms with van der Waals surface area (Å²) in [6, 6.07) is 40.0. The van der Waals surface area contributed by atoms with Crippen molar-refractivity contribution < 1.29 is 8.83 Å². The highest BCUT2D eigenvalue weighted by Crippen LogP contribution is 2.45. The first-order valence-electron chi connectivity index (χ1n) is 14.4. The van der Waals surface area contributed by atoms with Crippen LogP contribution in [0.15, 0.2) is 124 Å². The minimum absolute atomic E-state index is 0.843. The first-order chi connectivity index (χ1) is 21.3. The van der Waals surface area contributed by atoms with Crippen molar-refractivity contribution in [3.63, 3.8) is 0 Å². The Morgan fingerprint density at radius 1 is 0.442 bits per heavy atom. The molecule has 0 amide bonds. The molecule has 198 valence electrons. The summed E-state index contributed by atoms with van der Waals surface area (Å²) in [6.07, 6.45) is 0. The number of furan rings is 2. The van der Waals surface area contributed by atoms with E-state index in [4.69, 9.17) is 18.8 Å². The van der Waals surface area contributed by atoms with Gasteiger partial charge in [-0.1, -0.05) is 60.7 Å². The topological polar surface area (TPSA) is 56.5 Å². The summed E-state index contributed by atoms with van der Waals surface area (Å²) in [5.74, 6) is 0. The summed E-state index contributed by atoms with van der Waals surface area (Å²) in [4.78, 5) is 10.4. The molecule has 0 unspecified atom stereocenters. The molecule has 0 atom stereocenters. The van der Waals surface area contributed by atoms with Crippen molar-refractivity contribution in [3.8, 4) is 11.1 Å². The molecule has 0 aliphatic rings. The molecule has 43 heavy (non-hydrogen) atoms. The lowest BCUT2D eigenvalue weighted by atomic mass is 9.98. The van der Waals surface area contributed by atoms with Gasteiger partial charge < -0.3 is 8.83 Å². The van der Waals surface area contributed by atoms with Crippen LogP contribution in [-0.2, 0) is 0 Å². The highest BCUT2D eigenvalue weighted by atomic mass is 16.3. The second-order valence-electron chi connectivity index (χ2n) is 11.4. The number of aromatic nitrogens is 3. The zero-order valence-corrected chi connectivity index (χ0v) is 22.6. The summed E-state index contributed by atoms with van der Waals surface area (Å²) in [7, 11) is 0. The molecule has 6 aromatic carbocycles. The fourth-order valence-corrected chi connectivity index (χ4v) is 7.20. The first-order valence-corrected chi connectivity index (χ1v) is 14.4. The highest BCUT2D eigenvalue weighted by molar-refractivity contribution is 6.28. The van der Waals surface area contributed by atoms with Crippen LogP contribution < -0.4 is 0 Å². The molecule has 0 saturated carbocycles. The van der Waals surface area contributed by atoms with E-state index in [1.165, 1.54) is 0 Å². The Hall–Kier alpha value is -5.94. The lowest BCUT2D eigenvalue weighted by Gasteiger charge is -2.05. The third-order valence-electron chi connectivity index (χ3n) is 9.10. The second kappa shape index (κ2) is 7.46. The Morgan fingerprint density at radius 3 is 1.95 bits per heavy atom. The maximum absolute atomic E-state index is 6.58. The van der Waals surface area contributed by atoms with Crippen LogP contribution in [0.4, 0.5) is 0 Å². The number of rotatable bonds is 1. The maximum Gasteiger partial charge on any atom is 0.165 e. The predicted molar refractivity (Wildman–Crippen MR) is 174 cm³/mol. The van der Waals surface area contributed by atoms with E-state index >= 15 is 0 Å². The van der Waals surface area contributed by atoms with E-state index in [9.17, 15) is 0 Å². The number of nitrogens with zero attached hydrogens (tertiary/aromatic N) is 3. The Morgan fingerprint density at radius 2 is 1.09 bits per heavy atom. The van der Waals surface area contributed by atoms with E-state index in [1.807, 2.05) is 48.5 Å². The van der Waals surface area contributed by atoms with Crippen LogP contribution in [0.2, 0.25) is 0 Å². The van der Waals surface area contributed by atoms with Gasteiger partial charge in [0.05, 0.1) is 22.1 Å². The van der Waals surface area contributed by atoms with Gasteiger partial charge in [0, 0.05) is 37.7 Å². The van der Waals surface area contributed by atoms with E-state index in [0.29, 0.717) is 0 Å². The van der Waals surface area contributed by atoms with Gasteiger partial charge in [0.25, 0.3) is 0 Å². The minimum Gasteiger partial charge on any atom is -0.456 e. The normalized spacial score (nSPS) is 12.7. The summed E-state index contributed by atoms with van der Waals surface area (Å²) in [5, 5.41) is 7.83. The quantitative estimate of drug-likeness (QED) is 0.204. The van der Waals surface area contributed by atoms with Crippen molar-refractivity contribution >= 4 is 93.3 Å². The van der Waals surface area contributed by atoms with Gasteiger partial charge in [-0.3, -0.25) is 4.40 Å². The molecule has 5 heteroatoms. The van der Waals surface area contributed by atoms with Crippen LogP contribution in [0.1, 0.15) is 0 Å². The Kier molecular flexibility index (Phi) is 3.78. The Labute approximate surface area is 242 Å². The molecule has 0 aliphatic heterocycles. The zero-order valence-electron chi connectivity index (χ0n) is 22.6. The number of fused-ring (bicyclic) bond motifs is 14. The van der Waals surface area contributed by atoms with E-state index in [2.05, 4.69) is 71.1 Å². The molecule has 5 nitrogen and oxygen atoms in total. The van der Waals surface area contributed by atoms with Crippen molar-refractivity contribution in [2.24, 2.45) is 0 Å². The molecule has 0 bridgehead atoms. The van der Waals surface area contributed by atoms with Crippen molar-refractivity contribution in [2.45, 2.75) is 0 Å². The van der Waals surface area contributed by atoms with Crippen LogP contribution in [-0.4, -0.2) is 14.4 Å². The van der Waals surface area contributed by atoms with Gasteiger partial charge in [0.2, 0.25) is 0 Å². The monoisotopic (exact) mass is 549 g/mol. The van der Waals surface area contributed by atoms with Gasteiger partial charge in [-0.25, -0.2) is 9.97 Å². The molecule has 0 radical (unpaired) electrons. The molecule has 5 aromatic heterocycles. The smallest absolute Gasteiger partial charge is 0.165 e. The number of benzene rings is 6. The fraction of sp³-hybridized carbons (Fsp3) is 0. The number of hydrogen-bond donors (Lipinski definition) is 0. The van der Waals surface area contributed by atoms with E-state index < -0.39 is 0 Å². The lowest BCUT2D eigenvalue weighted by Crippen LogP contribution is -1.89. The van der Waals surface area contributed by atoms with Crippen LogP contribution >= 0.6 is 0 Å². The summed E-state index contributed by atoms with van der Waals surface area (Å²) >= 11 is 0. The van der Waals surface area contributed by atoms with Gasteiger partial charge in [0.1, 0.15) is 22.3 Å². The Bertz CT molecular complexity index is 2960. The standard InChI is InChI=1S/C38H19N3O2/c1-6-12-32-22(7-1)25-15-14-24-27-18-21(20-13-16-33-26(17-20)23-8-2-5-11-31(23)42-33)19-28-34-38(40-30-10-4-3-9-29(30)39-34)41(35(27)28)36(24)37(25)43-32/h1-19H. The van der Waals surface area contributed by atoms with Crippen molar-refractivity contribution in [1.29, 1.82) is 0 Å². The van der Waals surface area contributed by atoms with Gasteiger partial charge in [-0.15, -0.1) is 0 Å². The molecule has 0 spiro atoms. The average molecular weight is 550 g/mol. The van der Waals surface area contributed by atoms with Gasteiger partial charge in [0.15, 0.2) is 11.2 Å². The molecular formula is C38H19N3O2. The van der Waals surface area contributed by atoms with Gasteiger partial charge in [-0.05, 0) is 65.7 Å². The molecule has 0 fully saturated rings. The predicted octanol–water partition coefficient (Wildman–Crippen LogP) is 10.2. The van der Waals surface area contributed by atoms with Crippen molar-refractivity contribution in [1.82, 2.24) is 14.4 Å². The van der Waals surface area contributed by atoms with Crippen molar-refractivity contribution in [2.75, 3.05) is 0 Å². The molecule has 0 N–H and O–H groups in total. The van der Waals surface area contributed by atoms with E-state index in [0.717, 1.165) is 104 Å².